The van der Waals surface area contributed by atoms with Crippen molar-refractivity contribution in [1.29, 1.82) is 0 Å². The van der Waals surface area contributed by atoms with Gasteiger partial charge in [0.05, 0.1) is 29.4 Å². The first-order valence-corrected chi connectivity index (χ1v) is 6.82. The van der Waals surface area contributed by atoms with Gasteiger partial charge in [-0.1, -0.05) is 0 Å². The van der Waals surface area contributed by atoms with Crippen LogP contribution in [0, 0.1) is 0 Å². The van der Waals surface area contributed by atoms with E-state index in [1.165, 1.54) is 23.1 Å². The van der Waals surface area contributed by atoms with E-state index in [1.54, 1.807) is 0 Å². The third-order valence-corrected chi connectivity index (χ3v) is 3.53. The molecule has 0 aliphatic carbocycles. The second-order valence-electron chi connectivity index (χ2n) is 4.09. The van der Waals surface area contributed by atoms with E-state index < -0.39 is 21.8 Å². The number of imide groups is 1. The highest BCUT2D eigenvalue weighted by Crippen LogP contribution is 2.26. The van der Waals surface area contributed by atoms with Gasteiger partial charge in [-0.2, -0.15) is 0 Å². The minimum absolute atomic E-state index is 0.0232. The first-order valence-electron chi connectivity index (χ1n) is 5.27. The van der Waals surface area contributed by atoms with Crippen LogP contribution in [0.2, 0.25) is 0 Å². The minimum Gasteiger partial charge on any atom is -0.397 e. The summed E-state index contributed by atoms with van der Waals surface area (Å²) < 4.78 is 22.3. The summed E-state index contributed by atoms with van der Waals surface area (Å²) in [7, 11) is -3.84. The zero-order chi connectivity index (χ0) is 14.2. The second kappa shape index (κ2) is 4.52. The topological polar surface area (TPSA) is 136 Å². The summed E-state index contributed by atoms with van der Waals surface area (Å²) in [5, 5.41) is 7.14. The van der Waals surface area contributed by atoms with Crippen molar-refractivity contribution in [3.63, 3.8) is 0 Å². The van der Waals surface area contributed by atoms with Crippen molar-refractivity contribution in [2.24, 2.45) is 5.14 Å². The molecule has 1 fully saturated rings. The van der Waals surface area contributed by atoms with E-state index in [0.717, 1.165) is 0 Å². The molecule has 1 heterocycles. The molecule has 2 rings (SSSR count). The van der Waals surface area contributed by atoms with E-state index in [0.29, 0.717) is 5.69 Å². The van der Waals surface area contributed by atoms with Gasteiger partial charge in [0.1, 0.15) is 0 Å². The summed E-state index contributed by atoms with van der Waals surface area (Å²) in [6.45, 7) is -0.0463. The SMILES string of the molecule is Nc1cc(S(N)(=O)=O)ccc1N1CC(=O)NC(=O)C1. The predicted molar refractivity (Wildman–Crippen MR) is 67.6 cm³/mol. The Bertz CT molecular complexity index is 639. The molecular weight excluding hydrogens is 272 g/mol. The molecule has 1 aromatic carbocycles. The van der Waals surface area contributed by atoms with E-state index in [9.17, 15) is 18.0 Å². The van der Waals surface area contributed by atoms with Crippen LogP contribution >= 0.6 is 0 Å². The van der Waals surface area contributed by atoms with Crippen LogP contribution in [0.1, 0.15) is 0 Å². The van der Waals surface area contributed by atoms with E-state index >= 15 is 0 Å². The fraction of sp³-hybridized carbons (Fsp3) is 0.200. The smallest absolute Gasteiger partial charge is 0.246 e. The number of carbonyl (C=O) groups is 2. The molecule has 0 aromatic heterocycles. The first kappa shape index (κ1) is 13.3. The standard InChI is InChI=1S/C10H12N4O4S/c11-7-3-6(19(12,17)18)1-2-8(7)14-4-9(15)13-10(16)5-14/h1-3H,4-5,11H2,(H2,12,17,18)(H,13,15,16). The number of benzene rings is 1. The third kappa shape index (κ3) is 2.83. The summed E-state index contributed by atoms with van der Waals surface area (Å²) in [5.41, 5.74) is 6.28. The average molecular weight is 284 g/mol. The largest absolute Gasteiger partial charge is 0.397 e. The summed E-state index contributed by atoms with van der Waals surface area (Å²) in [6.07, 6.45) is 0. The number of nitrogen functional groups attached to an aromatic ring is 1. The Balaban J connectivity index is 2.36. The number of primary sulfonamides is 1. The van der Waals surface area contributed by atoms with E-state index in [1.807, 2.05) is 0 Å². The van der Waals surface area contributed by atoms with Crippen LogP contribution in [0.3, 0.4) is 0 Å². The number of anilines is 2. The molecule has 0 radical (unpaired) electrons. The Morgan fingerprint density at radius 2 is 1.74 bits per heavy atom. The lowest BCUT2D eigenvalue weighted by molar-refractivity contribution is -0.130. The molecule has 1 aromatic rings. The van der Waals surface area contributed by atoms with Crippen molar-refractivity contribution in [2.45, 2.75) is 4.90 Å². The van der Waals surface area contributed by atoms with E-state index in [2.05, 4.69) is 5.32 Å². The number of carbonyl (C=O) groups excluding carboxylic acids is 2. The van der Waals surface area contributed by atoms with Crippen molar-refractivity contribution in [3.05, 3.63) is 18.2 Å². The van der Waals surface area contributed by atoms with Crippen molar-refractivity contribution >= 4 is 33.2 Å². The number of hydrogen-bond donors (Lipinski definition) is 3. The zero-order valence-corrected chi connectivity index (χ0v) is 10.6. The van der Waals surface area contributed by atoms with Crippen LogP contribution in [0.5, 0.6) is 0 Å². The van der Waals surface area contributed by atoms with Gasteiger partial charge in [0.25, 0.3) is 0 Å². The molecule has 5 N–H and O–H groups in total. The van der Waals surface area contributed by atoms with Gasteiger partial charge in [-0.05, 0) is 18.2 Å². The lowest BCUT2D eigenvalue weighted by atomic mass is 10.2. The van der Waals surface area contributed by atoms with Crippen LogP contribution in [-0.2, 0) is 19.6 Å². The Kier molecular flexibility index (Phi) is 3.16. The molecule has 1 aliphatic rings. The molecule has 2 amide bonds. The van der Waals surface area contributed by atoms with Gasteiger partial charge in [0.15, 0.2) is 0 Å². The maximum atomic E-state index is 11.3. The van der Waals surface area contributed by atoms with Crippen LogP contribution in [-0.4, -0.2) is 33.3 Å². The summed E-state index contributed by atoms with van der Waals surface area (Å²) in [4.78, 5) is 23.9. The highest BCUT2D eigenvalue weighted by atomic mass is 32.2. The van der Waals surface area contributed by atoms with Crippen LogP contribution in [0.15, 0.2) is 23.1 Å². The van der Waals surface area contributed by atoms with Gasteiger partial charge in [-0.15, -0.1) is 0 Å². The van der Waals surface area contributed by atoms with Crippen LogP contribution in [0.4, 0.5) is 11.4 Å². The van der Waals surface area contributed by atoms with Gasteiger partial charge >= 0.3 is 0 Å². The van der Waals surface area contributed by atoms with Crippen molar-refractivity contribution < 1.29 is 18.0 Å². The highest BCUT2D eigenvalue weighted by Gasteiger charge is 2.24. The number of rotatable bonds is 2. The molecule has 19 heavy (non-hydrogen) atoms. The summed E-state index contributed by atoms with van der Waals surface area (Å²) in [5.74, 6) is -0.877. The number of nitrogens with one attached hydrogen (secondary N) is 1. The Labute approximate surface area is 109 Å². The minimum atomic E-state index is -3.84. The molecule has 0 spiro atoms. The molecule has 8 nitrogen and oxygen atoms in total. The maximum absolute atomic E-state index is 11.3. The van der Waals surface area contributed by atoms with Gasteiger partial charge in [0.2, 0.25) is 21.8 Å². The van der Waals surface area contributed by atoms with Gasteiger partial charge in [-0.3, -0.25) is 14.9 Å². The molecule has 0 unspecified atom stereocenters. The van der Waals surface area contributed by atoms with Crippen LogP contribution < -0.4 is 21.1 Å². The summed E-state index contributed by atoms with van der Waals surface area (Å²) in [6, 6.07) is 3.89. The number of piperazine rings is 1. The normalized spacial score (nSPS) is 16.4. The van der Waals surface area contributed by atoms with Gasteiger partial charge in [-0.25, -0.2) is 13.6 Å². The van der Waals surface area contributed by atoms with Crippen molar-refractivity contribution in [2.75, 3.05) is 23.7 Å². The van der Waals surface area contributed by atoms with Crippen molar-refractivity contribution in [1.82, 2.24) is 5.32 Å². The first-order chi connectivity index (χ1) is 8.77. The third-order valence-electron chi connectivity index (χ3n) is 2.62. The molecule has 9 heteroatoms. The average Bonchev–Trinajstić information content (AvgIpc) is 2.26. The van der Waals surface area contributed by atoms with E-state index in [-0.39, 0.29) is 23.7 Å². The second-order valence-corrected chi connectivity index (χ2v) is 5.65. The quantitative estimate of drug-likeness (QED) is 0.441. The highest BCUT2D eigenvalue weighted by molar-refractivity contribution is 7.89. The molecule has 1 saturated heterocycles. The molecule has 0 saturated carbocycles. The van der Waals surface area contributed by atoms with Crippen LogP contribution in [0.25, 0.3) is 0 Å². The molecule has 0 bridgehead atoms. The lowest BCUT2D eigenvalue weighted by Gasteiger charge is -2.28. The number of hydrogen-bond acceptors (Lipinski definition) is 6. The van der Waals surface area contributed by atoms with Crippen molar-refractivity contribution in [3.8, 4) is 0 Å². The fourth-order valence-corrected chi connectivity index (χ4v) is 2.35. The molecule has 0 atom stereocenters. The lowest BCUT2D eigenvalue weighted by Crippen LogP contribution is -2.51. The Hall–Kier alpha value is -2.13. The maximum Gasteiger partial charge on any atom is 0.246 e. The fourth-order valence-electron chi connectivity index (χ4n) is 1.81. The number of sulfonamides is 1. The molecular formula is C10H12N4O4S. The Morgan fingerprint density at radius 1 is 1.16 bits per heavy atom. The molecule has 102 valence electrons. The number of nitrogens with zero attached hydrogens (tertiary/aromatic N) is 1. The Morgan fingerprint density at radius 3 is 2.21 bits per heavy atom. The number of amides is 2. The van der Waals surface area contributed by atoms with E-state index in [4.69, 9.17) is 10.9 Å². The predicted octanol–water partition coefficient (Wildman–Crippen LogP) is -1.62. The monoisotopic (exact) mass is 284 g/mol. The number of nitrogens with two attached hydrogens (primary N) is 2. The zero-order valence-electron chi connectivity index (χ0n) is 9.79. The van der Waals surface area contributed by atoms with Gasteiger partial charge < -0.3 is 10.6 Å². The van der Waals surface area contributed by atoms with Gasteiger partial charge in [0, 0.05) is 0 Å². The molecule has 1 aliphatic heterocycles. The summed E-state index contributed by atoms with van der Waals surface area (Å²) >= 11 is 0.